The number of rotatable bonds is 7. The molecule has 2 fully saturated rings. The molecule has 1 amide bonds. The van der Waals surface area contributed by atoms with Crippen molar-refractivity contribution in [3.8, 4) is 0 Å². The fraction of sp³-hybridized carbons (Fsp3) is 0.538. The second-order valence-electron chi connectivity index (χ2n) is 9.29. The molecule has 4 rings (SSSR count). The zero-order valence-electron chi connectivity index (χ0n) is 18.7. The molecule has 2 aliphatic carbocycles. The van der Waals surface area contributed by atoms with Crippen molar-refractivity contribution in [1.82, 2.24) is 4.98 Å². The Morgan fingerprint density at radius 2 is 1.84 bits per heavy atom. The molecule has 1 heterocycles. The molecule has 0 aliphatic heterocycles. The molecule has 1 unspecified atom stereocenters. The van der Waals surface area contributed by atoms with Crippen molar-refractivity contribution in [2.24, 2.45) is 22.9 Å². The molecule has 1 aromatic heterocycles. The number of carbonyl (C=O) groups is 1. The van der Waals surface area contributed by atoms with Crippen molar-refractivity contribution in [1.29, 1.82) is 0 Å². The zero-order valence-corrected chi connectivity index (χ0v) is 19.4. The van der Waals surface area contributed by atoms with Gasteiger partial charge in [0, 0.05) is 34.9 Å². The summed E-state index contributed by atoms with van der Waals surface area (Å²) in [6, 6.07) is 9.21. The van der Waals surface area contributed by atoms with Gasteiger partial charge in [0.1, 0.15) is 0 Å². The Kier molecular flexibility index (Phi) is 8.27. The number of nitrogens with one attached hydrogen (secondary N) is 2. The average molecular weight is 456 g/mol. The van der Waals surface area contributed by atoms with Crippen LogP contribution in [0.4, 0.5) is 10.5 Å². The summed E-state index contributed by atoms with van der Waals surface area (Å²) in [5.74, 6) is 1.31. The Morgan fingerprint density at radius 1 is 1.09 bits per heavy atom. The van der Waals surface area contributed by atoms with Crippen LogP contribution in [0.15, 0.2) is 47.9 Å². The zero-order chi connectivity index (χ0) is 22.2. The van der Waals surface area contributed by atoms with Crippen molar-refractivity contribution in [2.75, 3.05) is 5.32 Å². The summed E-state index contributed by atoms with van der Waals surface area (Å²) < 4.78 is 0. The van der Waals surface area contributed by atoms with Crippen molar-refractivity contribution in [3.05, 3.63) is 53.3 Å². The number of amides is 1. The molecule has 6 heteroatoms. The third-order valence-electron chi connectivity index (χ3n) is 7.05. The lowest BCUT2D eigenvalue weighted by Crippen LogP contribution is -2.34. The van der Waals surface area contributed by atoms with E-state index < -0.39 is 6.09 Å². The third-order valence-corrected chi connectivity index (χ3v) is 7.28. The maximum atomic E-state index is 12.5. The highest BCUT2D eigenvalue weighted by Gasteiger charge is 2.33. The van der Waals surface area contributed by atoms with Crippen LogP contribution in [-0.2, 0) is 11.3 Å². The Balaban J connectivity index is 1.55. The Bertz CT molecular complexity index is 884. The molecule has 0 bridgehead atoms. The number of halogens is 1. The minimum Gasteiger partial charge on any atom is -0.367 e. The molecule has 1 aromatic carbocycles. The van der Waals surface area contributed by atoms with Crippen LogP contribution >= 0.6 is 11.6 Å². The van der Waals surface area contributed by atoms with Crippen molar-refractivity contribution >= 4 is 29.1 Å². The Labute approximate surface area is 196 Å². The molecular formula is C26H34ClN3O2. The predicted molar refractivity (Wildman–Crippen MR) is 130 cm³/mol. The molecule has 0 radical (unpaired) electrons. The van der Waals surface area contributed by atoms with Gasteiger partial charge >= 0.3 is 6.09 Å². The Morgan fingerprint density at radius 3 is 2.53 bits per heavy atom. The lowest BCUT2D eigenvalue weighted by atomic mass is 9.70. The van der Waals surface area contributed by atoms with E-state index in [1.807, 2.05) is 6.20 Å². The van der Waals surface area contributed by atoms with E-state index in [-0.39, 0.29) is 0 Å². The third kappa shape index (κ3) is 6.38. The van der Waals surface area contributed by atoms with Gasteiger partial charge in [0.05, 0.1) is 5.71 Å². The second-order valence-corrected chi connectivity index (χ2v) is 9.73. The van der Waals surface area contributed by atoms with E-state index in [4.69, 9.17) is 16.4 Å². The maximum Gasteiger partial charge on any atom is 0.437 e. The van der Waals surface area contributed by atoms with E-state index in [9.17, 15) is 4.79 Å². The van der Waals surface area contributed by atoms with Crippen LogP contribution in [-0.4, -0.2) is 16.8 Å². The van der Waals surface area contributed by atoms with Gasteiger partial charge in [-0.05, 0) is 67.9 Å². The van der Waals surface area contributed by atoms with Crippen LogP contribution in [0.5, 0.6) is 0 Å². The number of oxime groups is 1. The molecule has 2 saturated carbocycles. The summed E-state index contributed by atoms with van der Waals surface area (Å²) >= 11 is 6.03. The van der Waals surface area contributed by atoms with Crippen LogP contribution in [0.1, 0.15) is 69.8 Å². The fourth-order valence-corrected chi connectivity index (χ4v) is 5.62. The van der Waals surface area contributed by atoms with Gasteiger partial charge in [-0.25, -0.2) is 4.79 Å². The topological polar surface area (TPSA) is 66.5 Å². The number of H-pyrrole nitrogens is 1. The highest BCUT2D eigenvalue weighted by atomic mass is 35.5. The number of hydrogen-bond acceptors (Lipinski definition) is 3. The summed E-state index contributed by atoms with van der Waals surface area (Å²) in [5, 5.41) is 7.90. The van der Waals surface area contributed by atoms with Crippen LogP contribution < -0.4 is 5.32 Å². The molecule has 2 aromatic rings. The van der Waals surface area contributed by atoms with Crippen LogP contribution in [0.25, 0.3) is 0 Å². The summed E-state index contributed by atoms with van der Waals surface area (Å²) in [6.07, 6.45) is 16.8. The van der Waals surface area contributed by atoms with Gasteiger partial charge in [0.15, 0.2) is 0 Å². The number of aromatic amines is 1. The van der Waals surface area contributed by atoms with Gasteiger partial charge in [-0.15, -0.1) is 0 Å². The van der Waals surface area contributed by atoms with Gasteiger partial charge in [-0.3, -0.25) is 10.2 Å². The highest BCUT2D eigenvalue weighted by molar-refractivity contribution is 6.30. The maximum absolute atomic E-state index is 12.5. The summed E-state index contributed by atoms with van der Waals surface area (Å²) in [4.78, 5) is 21.2. The van der Waals surface area contributed by atoms with E-state index in [0.717, 1.165) is 25.0 Å². The normalized spacial score (nSPS) is 19.5. The summed E-state index contributed by atoms with van der Waals surface area (Å²) in [7, 11) is 0. The van der Waals surface area contributed by atoms with E-state index in [0.29, 0.717) is 28.5 Å². The van der Waals surface area contributed by atoms with E-state index in [2.05, 4.69) is 27.7 Å². The van der Waals surface area contributed by atoms with Crippen molar-refractivity contribution < 1.29 is 9.63 Å². The molecule has 2 aliphatic rings. The largest absolute Gasteiger partial charge is 0.437 e. The van der Waals surface area contributed by atoms with E-state index in [1.54, 1.807) is 24.3 Å². The highest BCUT2D eigenvalue weighted by Crippen LogP contribution is 2.37. The fourth-order valence-electron chi connectivity index (χ4n) is 5.43. The number of nitrogens with zero attached hydrogens (tertiary/aromatic N) is 1. The number of hydrogen-bond donors (Lipinski definition) is 2. The molecular weight excluding hydrogens is 422 g/mol. The van der Waals surface area contributed by atoms with Gasteiger partial charge in [0.2, 0.25) is 0 Å². The Hall–Kier alpha value is -2.27. The first-order valence-electron chi connectivity index (χ1n) is 12.1. The standard InChI is InChI=1S/C26H34ClN3O2/c27-22-12-7-13-23(17-22)29-26(31)32-30-25(21-10-5-2-6-11-21)24(16-19-14-15-28-18-19)20-8-3-1-4-9-20/h7,12-15,17-18,20-21,24,28H,1-6,8-11,16H2,(H,29,31)/b30-25+. The van der Waals surface area contributed by atoms with Gasteiger partial charge in [-0.2, -0.15) is 0 Å². The van der Waals surface area contributed by atoms with Crippen LogP contribution in [0, 0.1) is 17.8 Å². The molecule has 2 N–H and O–H groups in total. The number of aromatic nitrogens is 1. The minimum absolute atomic E-state index is 0.313. The van der Waals surface area contributed by atoms with E-state index >= 15 is 0 Å². The lowest BCUT2D eigenvalue weighted by Gasteiger charge is -2.35. The number of carbonyl (C=O) groups excluding carboxylic acids is 1. The van der Waals surface area contributed by atoms with Gasteiger partial charge < -0.3 is 4.98 Å². The van der Waals surface area contributed by atoms with Crippen LogP contribution in [0.3, 0.4) is 0 Å². The van der Waals surface area contributed by atoms with Gasteiger partial charge in [-0.1, -0.05) is 61.3 Å². The molecule has 172 valence electrons. The average Bonchev–Trinajstić information content (AvgIpc) is 3.33. The number of anilines is 1. The first-order valence-corrected chi connectivity index (χ1v) is 12.5. The molecule has 0 saturated heterocycles. The summed E-state index contributed by atoms with van der Waals surface area (Å²) in [6.45, 7) is 0. The second kappa shape index (κ2) is 11.6. The predicted octanol–water partition coefficient (Wildman–Crippen LogP) is 7.59. The number of benzene rings is 1. The van der Waals surface area contributed by atoms with Crippen LogP contribution in [0.2, 0.25) is 5.02 Å². The molecule has 32 heavy (non-hydrogen) atoms. The summed E-state index contributed by atoms with van der Waals surface area (Å²) in [5.41, 5.74) is 3.00. The van der Waals surface area contributed by atoms with Crippen molar-refractivity contribution in [2.45, 2.75) is 70.6 Å². The lowest BCUT2D eigenvalue weighted by molar-refractivity contribution is 0.162. The van der Waals surface area contributed by atoms with Gasteiger partial charge in [0.25, 0.3) is 0 Å². The molecule has 5 nitrogen and oxygen atoms in total. The quantitative estimate of drug-likeness (QED) is 0.256. The minimum atomic E-state index is -0.565. The molecule has 0 spiro atoms. The molecule has 1 atom stereocenters. The smallest absolute Gasteiger partial charge is 0.367 e. The SMILES string of the molecule is O=C(Nc1cccc(Cl)c1)O/N=C(\C1CCCCC1)C(Cc1cc[nH]c1)C1CCCCC1. The first kappa shape index (κ1) is 22.9. The van der Waals surface area contributed by atoms with E-state index in [1.165, 1.54) is 56.9 Å². The van der Waals surface area contributed by atoms with Crippen molar-refractivity contribution in [3.63, 3.8) is 0 Å². The monoisotopic (exact) mass is 455 g/mol. The first-order chi connectivity index (χ1) is 15.7.